The first-order valence-electron chi connectivity index (χ1n) is 2.12. The van der Waals surface area contributed by atoms with Gasteiger partial charge < -0.3 is 0 Å². The normalized spacial score (nSPS) is 20.7. The van der Waals surface area contributed by atoms with Gasteiger partial charge in [0.2, 0.25) is 0 Å². The Morgan fingerprint density at radius 1 is 2.00 bits per heavy atom. The monoisotopic (exact) mass is 82.1 g/mol. The van der Waals surface area contributed by atoms with Gasteiger partial charge in [0.25, 0.3) is 0 Å². The molecule has 1 radical (unpaired) electrons. The van der Waals surface area contributed by atoms with E-state index in [9.17, 15) is 0 Å². The Morgan fingerprint density at radius 3 is 2.83 bits per heavy atom. The SMILES string of the molecule is C=CCN1[CH]C1. The first-order chi connectivity index (χ1) is 2.93. The Labute approximate surface area is 38.3 Å². The largest absolute Gasteiger partial charge is 0.292 e. The third-order valence-electron chi connectivity index (χ3n) is 0.804. The van der Waals surface area contributed by atoms with Crippen molar-refractivity contribution in [3.8, 4) is 0 Å². The molecule has 0 amide bonds. The molecule has 1 nitrogen and oxygen atoms in total. The molecule has 1 heterocycles. The molecule has 1 aliphatic heterocycles. The van der Waals surface area contributed by atoms with Crippen molar-refractivity contribution in [2.45, 2.75) is 0 Å². The van der Waals surface area contributed by atoms with E-state index in [-0.39, 0.29) is 0 Å². The molecule has 0 aromatic rings. The number of hydrogen-bond donors (Lipinski definition) is 0. The maximum Gasteiger partial charge on any atom is 0.0395 e. The van der Waals surface area contributed by atoms with E-state index in [4.69, 9.17) is 0 Å². The number of rotatable bonds is 2. The first-order valence-corrected chi connectivity index (χ1v) is 2.12. The van der Waals surface area contributed by atoms with E-state index in [0.29, 0.717) is 0 Å². The molecule has 0 spiro atoms. The van der Waals surface area contributed by atoms with Crippen molar-refractivity contribution in [1.82, 2.24) is 4.90 Å². The van der Waals surface area contributed by atoms with E-state index in [2.05, 4.69) is 18.0 Å². The highest BCUT2D eigenvalue weighted by molar-refractivity contribution is 4.91. The van der Waals surface area contributed by atoms with Crippen LogP contribution in [0, 0.1) is 6.54 Å². The van der Waals surface area contributed by atoms with Gasteiger partial charge in [-0.2, -0.15) is 0 Å². The lowest BCUT2D eigenvalue weighted by Gasteiger charge is -1.84. The zero-order chi connectivity index (χ0) is 4.41. The average molecular weight is 82.1 g/mol. The first kappa shape index (κ1) is 3.88. The third kappa shape index (κ3) is 0.830. The fourth-order valence-electron chi connectivity index (χ4n) is 0.373. The second kappa shape index (κ2) is 1.43. The fraction of sp³-hybridized carbons (Fsp3) is 0.400. The lowest BCUT2D eigenvalue weighted by Crippen LogP contribution is -1.90. The molecule has 33 valence electrons. The average Bonchev–Trinajstić information content (AvgIpc) is 2.21. The van der Waals surface area contributed by atoms with Crippen LogP contribution in [-0.4, -0.2) is 18.0 Å². The Balaban J connectivity index is 2.00. The molecule has 1 rings (SSSR count). The van der Waals surface area contributed by atoms with Crippen LogP contribution in [0.2, 0.25) is 0 Å². The summed E-state index contributed by atoms with van der Waals surface area (Å²) in [4.78, 5) is 2.19. The summed E-state index contributed by atoms with van der Waals surface area (Å²) in [6, 6.07) is 0. The maximum absolute atomic E-state index is 3.58. The molecule has 1 heteroatoms. The van der Waals surface area contributed by atoms with Gasteiger partial charge in [0.05, 0.1) is 0 Å². The van der Waals surface area contributed by atoms with Gasteiger partial charge in [-0.1, -0.05) is 6.08 Å². The van der Waals surface area contributed by atoms with Gasteiger partial charge in [-0.25, -0.2) is 0 Å². The zero-order valence-electron chi connectivity index (χ0n) is 3.72. The van der Waals surface area contributed by atoms with Crippen molar-refractivity contribution in [2.75, 3.05) is 13.1 Å². The molecule has 1 aliphatic rings. The van der Waals surface area contributed by atoms with Crippen LogP contribution in [0.4, 0.5) is 0 Å². The fourth-order valence-corrected chi connectivity index (χ4v) is 0.373. The van der Waals surface area contributed by atoms with Gasteiger partial charge in [0, 0.05) is 19.6 Å². The summed E-state index contributed by atoms with van der Waals surface area (Å²) in [5.41, 5.74) is 0. The molecule has 1 atom stereocenters. The smallest absolute Gasteiger partial charge is 0.0395 e. The van der Waals surface area contributed by atoms with Gasteiger partial charge in [0.1, 0.15) is 0 Å². The minimum atomic E-state index is 1.03. The van der Waals surface area contributed by atoms with E-state index < -0.39 is 0 Å². The molecule has 0 aliphatic carbocycles. The van der Waals surface area contributed by atoms with Crippen LogP contribution in [0.3, 0.4) is 0 Å². The highest BCUT2D eigenvalue weighted by Gasteiger charge is 2.14. The third-order valence-corrected chi connectivity index (χ3v) is 0.804. The van der Waals surface area contributed by atoms with Gasteiger partial charge >= 0.3 is 0 Å². The van der Waals surface area contributed by atoms with E-state index in [1.807, 2.05) is 6.08 Å². The van der Waals surface area contributed by atoms with Crippen molar-refractivity contribution in [3.63, 3.8) is 0 Å². The molecule has 0 aromatic heterocycles. The van der Waals surface area contributed by atoms with Crippen LogP contribution in [0.15, 0.2) is 12.7 Å². The van der Waals surface area contributed by atoms with Crippen LogP contribution >= 0.6 is 0 Å². The highest BCUT2D eigenvalue weighted by Crippen LogP contribution is 2.07. The molecule has 6 heavy (non-hydrogen) atoms. The van der Waals surface area contributed by atoms with E-state index in [1.165, 1.54) is 0 Å². The van der Waals surface area contributed by atoms with Crippen molar-refractivity contribution in [3.05, 3.63) is 19.2 Å². The molecule has 1 saturated heterocycles. The number of hydrogen-bond acceptors (Lipinski definition) is 1. The van der Waals surface area contributed by atoms with Crippen molar-refractivity contribution < 1.29 is 0 Å². The highest BCUT2D eigenvalue weighted by atomic mass is 15.2. The molecule has 0 N–H and O–H groups in total. The molecule has 0 saturated carbocycles. The predicted octanol–water partition coefficient (Wildman–Crippen LogP) is 0.650. The lowest BCUT2D eigenvalue weighted by molar-refractivity contribution is 0.654. The van der Waals surface area contributed by atoms with Crippen LogP contribution < -0.4 is 0 Å². The summed E-state index contributed by atoms with van der Waals surface area (Å²) >= 11 is 0. The standard InChI is InChI=1S/C5H8N/c1-2-3-6-4-5-6/h2,4H,1,3,5H2. The summed E-state index contributed by atoms with van der Waals surface area (Å²) < 4.78 is 0. The summed E-state index contributed by atoms with van der Waals surface area (Å²) in [6.45, 7) is 7.91. The topological polar surface area (TPSA) is 3.01 Å². The molecule has 0 bridgehead atoms. The van der Waals surface area contributed by atoms with Crippen molar-refractivity contribution in [2.24, 2.45) is 0 Å². The molecular weight excluding hydrogens is 74.1 g/mol. The van der Waals surface area contributed by atoms with Gasteiger partial charge in [-0.15, -0.1) is 6.58 Å². The molecular formula is C5H8N. The Bertz CT molecular complexity index is 55.0. The van der Waals surface area contributed by atoms with Gasteiger partial charge in [0.15, 0.2) is 0 Å². The molecule has 1 unspecified atom stereocenters. The van der Waals surface area contributed by atoms with Crippen molar-refractivity contribution >= 4 is 0 Å². The van der Waals surface area contributed by atoms with Crippen LogP contribution in [0.1, 0.15) is 0 Å². The predicted molar refractivity (Wildman–Crippen MR) is 26.1 cm³/mol. The second-order valence-electron chi connectivity index (χ2n) is 1.43. The molecule has 0 aromatic carbocycles. The van der Waals surface area contributed by atoms with Gasteiger partial charge in [-0.3, -0.25) is 4.90 Å². The van der Waals surface area contributed by atoms with Crippen LogP contribution in [0.25, 0.3) is 0 Å². The summed E-state index contributed by atoms with van der Waals surface area (Å²) in [6.07, 6.45) is 1.91. The van der Waals surface area contributed by atoms with Gasteiger partial charge in [-0.05, 0) is 0 Å². The Hall–Kier alpha value is -0.300. The van der Waals surface area contributed by atoms with Crippen molar-refractivity contribution in [1.29, 1.82) is 0 Å². The van der Waals surface area contributed by atoms with E-state index >= 15 is 0 Å². The van der Waals surface area contributed by atoms with Crippen LogP contribution in [0.5, 0.6) is 0 Å². The van der Waals surface area contributed by atoms with E-state index in [0.717, 1.165) is 13.1 Å². The summed E-state index contributed by atoms with van der Waals surface area (Å²) in [7, 11) is 0. The minimum Gasteiger partial charge on any atom is -0.292 e. The summed E-state index contributed by atoms with van der Waals surface area (Å²) in [5, 5.41) is 0. The van der Waals surface area contributed by atoms with Crippen LogP contribution in [-0.2, 0) is 0 Å². The summed E-state index contributed by atoms with van der Waals surface area (Å²) in [5.74, 6) is 0. The zero-order valence-corrected chi connectivity index (χ0v) is 3.72. The Kier molecular flexibility index (Phi) is 0.926. The maximum atomic E-state index is 3.58. The Morgan fingerprint density at radius 2 is 2.67 bits per heavy atom. The van der Waals surface area contributed by atoms with E-state index in [1.54, 1.807) is 0 Å². The second-order valence-corrected chi connectivity index (χ2v) is 1.43. The lowest BCUT2D eigenvalue weighted by atomic mass is 10.6. The quantitative estimate of drug-likeness (QED) is 0.349. The number of nitrogens with zero attached hydrogens (tertiary/aromatic N) is 1. The molecule has 1 fully saturated rings. The minimum absolute atomic E-state index is 1.03.